The van der Waals surface area contributed by atoms with E-state index < -0.39 is 0 Å². The zero-order valence-corrected chi connectivity index (χ0v) is 28.2. The summed E-state index contributed by atoms with van der Waals surface area (Å²) >= 11 is 0. The molecule has 0 radical (unpaired) electrons. The van der Waals surface area contributed by atoms with Crippen molar-refractivity contribution in [3.63, 3.8) is 0 Å². The highest BCUT2D eigenvalue weighted by Gasteiger charge is 2.35. The summed E-state index contributed by atoms with van der Waals surface area (Å²) in [5, 5.41) is 6.05. The van der Waals surface area contributed by atoms with Crippen molar-refractivity contribution < 1.29 is 9.47 Å². The third-order valence-electron chi connectivity index (χ3n) is 11.0. The maximum atomic E-state index is 7.08. The molecule has 3 N–H and O–H groups in total. The Bertz CT molecular complexity index is 2490. The second kappa shape index (κ2) is 11.8. The number of nitrogens with zero attached hydrogens (tertiary/aromatic N) is 1. The van der Waals surface area contributed by atoms with Crippen LogP contribution < -0.4 is 20.5 Å². The maximum absolute atomic E-state index is 7.08. The molecule has 0 saturated heterocycles. The lowest BCUT2D eigenvalue weighted by atomic mass is 9.72. The molecule has 2 unspecified atom stereocenters. The lowest BCUT2D eigenvalue weighted by Crippen LogP contribution is -2.41. The number of rotatable bonds is 4. The summed E-state index contributed by atoms with van der Waals surface area (Å²) in [5.41, 5.74) is 16.0. The van der Waals surface area contributed by atoms with Crippen molar-refractivity contribution in [2.45, 2.75) is 18.8 Å². The van der Waals surface area contributed by atoms with Crippen LogP contribution in [0.3, 0.4) is 0 Å². The Kier molecular flexibility index (Phi) is 6.90. The average Bonchev–Trinajstić information content (AvgIpc) is 3.50. The number of fused-ring (bicyclic) bond motifs is 9. The first-order valence-electron chi connectivity index (χ1n) is 17.8. The standard InChI is InChI=1S/C46H37N3O2/c47-29-46(23-9-24-46)45-27-31(22-25-48-45)30-18-20-37-38-21-19-32(49-39-14-5-1-10-33(39)34-11-2-6-15-40(34)49)28-44(38)51-42-17-8-4-13-36(42)35-12-3-7-16-41(35)50-43(37)26-30/h1-12,14-23,26-28,36,48H,13,24-25,29,47H2. The number of nitrogens with one attached hydrogen (secondary N) is 1. The van der Waals surface area contributed by atoms with Gasteiger partial charge in [0.1, 0.15) is 23.0 Å². The van der Waals surface area contributed by atoms with E-state index in [0.29, 0.717) is 6.54 Å². The van der Waals surface area contributed by atoms with Gasteiger partial charge in [-0.15, -0.1) is 0 Å². The molecule has 0 saturated carbocycles. The molecule has 2 aliphatic heterocycles. The van der Waals surface area contributed by atoms with Gasteiger partial charge in [-0.3, -0.25) is 0 Å². The van der Waals surface area contributed by atoms with Crippen LogP contribution in [0.25, 0.3) is 44.2 Å². The van der Waals surface area contributed by atoms with E-state index in [9.17, 15) is 0 Å². The number of hydrogen-bond acceptors (Lipinski definition) is 4. The fourth-order valence-electron chi connectivity index (χ4n) is 8.19. The minimum absolute atomic E-state index is 0.0151. The second-order valence-electron chi connectivity index (χ2n) is 13.9. The first-order valence-corrected chi connectivity index (χ1v) is 17.8. The molecule has 6 aromatic rings. The lowest BCUT2D eigenvalue weighted by molar-refractivity contribution is 0.374. The highest BCUT2D eigenvalue weighted by molar-refractivity contribution is 6.09. The molecule has 4 aliphatic rings. The van der Waals surface area contributed by atoms with E-state index in [2.05, 4.69) is 156 Å². The Morgan fingerprint density at radius 2 is 1.49 bits per heavy atom. The number of hydrogen-bond donors (Lipinski definition) is 2. The third kappa shape index (κ3) is 4.80. The van der Waals surface area contributed by atoms with E-state index >= 15 is 0 Å². The van der Waals surface area contributed by atoms with E-state index in [1.54, 1.807) is 0 Å². The van der Waals surface area contributed by atoms with Crippen molar-refractivity contribution in [1.82, 2.24) is 9.88 Å². The largest absolute Gasteiger partial charge is 0.460 e. The monoisotopic (exact) mass is 663 g/mol. The topological polar surface area (TPSA) is 61.4 Å². The Balaban J connectivity index is 1.17. The lowest BCUT2D eigenvalue weighted by Gasteiger charge is -2.38. The first-order chi connectivity index (χ1) is 25.2. The van der Waals surface area contributed by atoms with Crippen LogP contribution in [-0.4, -0.2) is 17.7 Å². The van der Waals surface area contributed by atoms with Crippen molar-refractivity contribution in [3.8, 4) is 34.1 Å². The van der Waals surface area contributed by atoms with E-state index in [4.69, 9.17) is 15.2 Å². The zero-order chi connectivity index (χ0) is 33.9. The normalized spacial score (nSPS) is 20.3. The van der Waals surface area contributed by atoms with Crippen LogP contribution in [0, 0.1) is 5.41 Å². The van der Waals surface area contributed by atoms with Crippen LogP contribution in [-0.2, 0) is 0 Å². The Morgan fingerprint density at radius 3 is 2.25 bits per heavy atom. The van der Waals surface area contributed by atoms with Crippen molar-refractivity contribution in [2.75, 3.05) is 13.1 Å². The highest BCUT2D eigenvalue weighted by atomic mass is 16.5. The molecule has 51 heavy (non-hydrogen) atoms. The molecule has 2 aliphatic carbocycles. The molecule has 0 amide bonds. The molecule has 5 aromatic carbocycles. The van der Waals surface area contributed by atoms with Gasteiger partial charge >= 0.3 is 0 Å². The van der Waals surface area contributed by atoms with Crippen molar-refractivity contribution in [2.24, 2.45) is 11.1 Å². The number of aromatic nitrogens is 1. The van der Waals surface area contributed by atoms with Gasteiger partial charge in [0.25, 0.3) is 0 Å². The van der Waals surface area contributed by atoms with Crippen LogP contribution in [0.2, 0.25) is 0 Å². The van der Waals surface area contributed by atoms with E-state index in [0.717, 1.165) is 86.9 Å². The van der Waals surface area contributed by atoms with Gasteiger partial charge in [0.05, 0.1) is 11.0 Å². The van der Waals surface area contributed by atoms with Crippen LogP contribution in [0.5, 0.6) is 17.2 Å². The number of ether oxygens (including phenoxy) is 2. The molecule has 0 spiro atoms. The minimum atomic E-state index is -0.112. The van der Waals surface area contributed by atoms with Gasteiger partial charge in [0.15, 0.2) is 0 Å². The van der Waals surface area contributed by atoms with Crippen LogP contribution in [0.4, 0.5) is 0 Å². The number of benzene rings is 5. The van der Waals surface area contributed by atoms with Crippen LogP contribution >= 0.6 is 0 Å². The maximum Gasteiger partial charge on any atom is 0.137 e. The summed E-state index contributed by atoms with van der Waals surface area (Å²) in [6, 6.07) is 38.8. The smallest absolute Gasteiger partial charge is 0.137 e. The minimum Gasteiger partial charge on any atom is -0.460 e. The highest BCUT2D eigenvalue weighted by Crippen LogP contribution is 2.48. The van der Waals surface area contributed by atoms with Gasteiger partial charge in [0, 0.05) is 69.3 Å². The predicted molar refractivity (Wildman–Crippen MR) is 207 cm³/mol. The summed E-state index contributed by atoms with van der Waals surface area (Å²) in [7, 11) is 0. The fourth-order valence-corrected chi connectivity index (χ4v) is 8.19. The van der Waals surface area contributed by atoms with Crippen LogP contribution in [0.15, 0.2) is 163 Å². The zero-order valence-electron chi connectivity index (χ0n) is 28.2. The number of allylic oxidation sites excluding steroid dienone is 7. The second-order valence-corrected chi connectivity index (χ2v) is 13.9. The summed E-state index contributed by atoms with van der Waals surface area (Å²) in [5.74, 6) is 3.35. The van der Waals surface area contributed by atoms with Crippen molar-refractivity contribution in [3.05, 3.63) is 174 Å². The molecular formula is C46H37N3O2. The Morgan fingerprint density at radius 1 is 0.765 bits per heavy atom. The van der Waals surface area contributed by atoms with E-state index in [1.165, 1.54) is 16.5 Å². The van der Waals surface area contributed by atoms with Gasteiger partial charge in [-0.25, -0.2) is 0 Å². The van der Waals surface area contributed by atoms with Gasteiger partial charge in [-0.1, -0.05) is 91.0 Å². The molecule has 5 heteroatoms. The molecule has 1 aromatic heterocycles. The van der Waals surface area contributed by atoms with Gasteiger partial charge in [0.2, 0.25) is 0 Å². The Labute approximate surface area is 297 Å². The summed E-state index contributed by atoms with van der Waals surface area (Å²) in [4.78, 5) is 0. The summed E-state index contributed by atoms with van der Waals surface area (Å²) in [6.45, 7) is 1.34. The molecular weight excluding hydrogens is 627 g/mol. The molecule has 0 bridgehead atoms. The van der Waals surface area contributed by atoms with E-state index in [1.807, 2.05) is 6.07 Å². The SMILES string of the molecule is NCC1(C2=CC(c3ccc4c(c3)Oc3ccccc3C3CC=CC=C3Oc3cc(-n5c6ccccc6c6ccccc65)ccc3-4)=CCN2)C=CC1. The summed E-state index contributed by atoms with van der Waals surface area (Å²) < 4.78 is 16.4. The summed E-state index contributed by atoms with van der Waals surface area (Å²) in [6.07, 6.45) is 17.1. The molecule has 5 nitrogen and oxygen atoms in total. The van der Waals surface area contributed by atoms with Crippen molar-refractivity contribution in [1.29, 1.82) is 0 Å². The number of nitrogens with two attached hydrogens (primary N) is 1. The fraction of sp³-hybridized carbons (Fsp3) is 0.130. The molecule has 248 valence electrons. The molecule has 10 rings (SSSR count). The Hall–Kier alpha value is -6.04. The number of dihydropyridines is 1. The van der Waals surface area contributed by atoms with Gasteiger partial charge in [-0.2, -0.15) is 0 Å². The van der Waals surface area contributed by atoms with Crippen molar-refractivity contribution >= 4 is 27.4 Å². The quantitative estimate of drug-likeness (QED) is 0.184. The van der Waals surface area contributed by atoms with Gasteiger partial charge < -0.3 is 25.1 Å². The molecule has 0 fully saturated rings. The van der Waals surface area contributed by atoms with Gasteiger partial charge in [-0.05, 0) is 78.6 Å². The third-order valence-corrected chi connectivity index (χ3v) is 11.0. The predicted octanol–water partition coefficient (Wildman–Crippen LogP) is 10.3. The van der Waals surface area contributed by atoms with E-state index in [-0.39, 0.29) is 11.3 Å². The number of para-hydroxylation sites is 3. The molecule has 2 atom stereocenters. The molecule has 3 heterocycles. The average molecular weight is 664 g/mol. The van der Waals surface area contributed by atoms with Crippen LogP contribution in [0.1, 0.15) is 29.9 Å². The first kappa shape index (κ1) is 29.8.